The highest BCUT2D eigenvalue weighted by Crippen LogP contribution is 2.26. The van der Waals surface area contributed by atoms with E-state index >= 15 is 0 Å². The fourth-order valence-electron chi connectivity index (χ4n) is 3.46. The Hall–Kier alpha value is -4.04. The van der Waals surface area contributed by atoms with Crippen LogP contribution in [0.2, 0.25) is 0 Å². The molecule has 3 aromatic heterocycles. The minimum Gasteiger partial charge on any atom is -0.322 e. The van der Waals surface area contributed by atoms with Crippen molar-refractivity contribution in [2.45, 2.75) is 17.2 Å². The van der Waals surface area contributed by atoms with E-state index in [1.165, 1.54) is 17.5 Å². The van der Waals surface area contributed by atoms with Crippen molar-refractivity contribution in [2.24, 2.45) is 0 Å². The van der Waals surface area contributed by atoms with Crippen LogP contribution in [-0.4, -0.2) is 31.1 Å². The first-order valence-corrected chi connectivity index (χ1v) is 11.4. The molecule has 0 aliphatic carbocycles. The third-order valence-electron chi connectivity index (χ3n) is 5.15. The number of aromatic nitrogens is 5. The summed E-state index contributed by atoms with van der Waals surface area (Å²) in [4.78, 5) is 25.4. The van der Waals surface area contributed by atoms with Gasteiger partial charge in [-0.2, -0.15) is 5.10 Å². The maximum Gasteiger partial charge on any atom is 0.255 e. The highest BCUT2D eigenvalue weighted by molar-refractivity contribution is 7.98. The monoisotopic (exact) mass is 452 g/mol. The number of hydrogen-bond acceptors (Lipinski definition) is 6. The summed E-state index contributed by atoms with van der Waals surface area (Å²) in [5.74, 6) is 0.547. The molecule has 5 rings (SSSR count). The van der Waals surface area contributed by atoms with Crippen molar-refractivity contribution in [1.29, 1.82) is 0 Å². The van der Waals surface area contributed by atoms with Gasteiger partial charge < -0.3 is 5.32 Å². The molecular formula is C25H20N6OS. The Kier molecular flexibility index (Phi) is 6.08. The van der Waals surface area contributed by atoms with E-state index in [2.05, 4.69) is 30.5 Å². The number of aromatic amines is 1. The van der Waals surface area contributed by atoms with E-state index in [1.807, 2.05) is 60.7 Å². The molecule has 0 radical (unpaired) electrons. The second-order valence-corrected chi connectivity index (χ2v) is 8.45. The van der Waals surface area contributed by atoms with E-state index in [0.29, 0.717) is 17.0 Å². The van der Waals surface area contributed by atoms with Gasteiger partial charge in [-0.3, -0.25) is 14.9 Å². The van der Waals surface area contributed by atoms with Gasteiger partial charge in [-0.05, 0) is 59.5 Å². The summed E-state index contributed by atoms with van der Waals surface area (Å²) in [7, 11) is 0. The van der Waals surface area contributed by atoms with Crippen LogP contribution in [0.5, 0.6) is 0 Å². The molecule has 0 saturated heterocycles. The van der Waals surface area contributed by atoms with Crippen LogP contribution in [0.1, 0.15) is 27.0 Å². The second-order valence-electron chi connectivity index (χ2n) is 7.48. The van der Waals surface area contributed by atoms with Crippen LogP contribution in [-0.2, 0) is 12.2 Å². The first-order chi connectivity index (χ1) is 16.2. The summed E-state index contributed by atoms with van der Waals surface area (Å²) in [6.45, 7) is 0. The summed E-state index contributed by atoms with van der Waals surface area (Å²) in [6.07, 6.45) is 7.66. The largest absolute Gasteiger partial charge is 0.322 e. The van der Waals surface area contributed by atoms with Gasteiger partial charge >= 0.3 is 0 Å². The van der Waals surface area contributed by atoms with E-state index in [-0.39, 0.29) is 5.91 Å². The SMILES string of the molecule is O=C(Nc1ccc(Cc2ccncc2)cc1)c1cccc(CSc2ncnc3[nH]ncc23)c1. The molecule has 2 aromatic carbocycles. The molecule has 0 atom stereocenters. The lowest BCUT2D eigenvalue weighted by molar-refractivity contribution is 0.102. The molecule has 0 bridgehead atoms. The van der Waals surface area contributed by atoms with Gasteiger partial charge in [0.1, 0.15) is 11.4 Å². The molecule has 0 aliphatic rings. The molecule has 1 amide bonds. The molecule has 33 heavy (non-hydrogen) atoms. The Bertz CT molecular complexity index is 1390. The van der Waals surface area contributed by atoms with Gasteiger partial charge in [-0.15, -0.1) is 11.8 Å². The van der Waals surface area contributed by atoms with Crippen LogP contribution >= 0.6 is 11.8 Å². The van der Waals surface area contributed by atoms with Crippen LogP contribution < -0.4 is 5.32 Å². The molecule has 0 aliphatic heterocycles. The molecule has 0 unspecified atom stereocenters. The molecule has 5 aromatic rings. The smallest absolute Gasteiger partial charge is 0.255 e. The van der Waals surface area contributed by atoms with Crippen molar-refractivity contribution in [3.8, 4) is 0 Å². The predicted molar refractivity (Wildman–Crippen MR) is 129 cm³/mol. The number of hydrogen-bond donors (Lipinski definition) is 2. The van der Waals surface area contributed by atoms with Gasteiger partial charge in [0.25, 0.3) is 5.91 Å². The first kappa shape index (κ1) is 20.8. The number of nitrogens with zero attached hydrogens (tertiary/aromatic N) is 4. The number of thioether (sulfide) groups is 1. The highest BCUT2D eigenvalue weighted by atomic mass is 32.2. The third-order valence-corrected chi connectivity index (χ3v) is 6.22. The summed E-state index contributed by atoms with van der Waals surface area (Å²) in [6, 6.07) is 19.6. The van der Waals surface area contributed by atoms with Crippen LogP contribution in [0, 0.1) is 0 Å². The minimum absolute atomic E-state index is 0.136. The van der Waals surface area contributed by atoms with Crippen LogP contribution in [0.4, 0.5) is 5.69 Å². The van der Waals surface area contributed by atoms with Crippen molar-refractivity contribution in [2.75, 3.05) is 5.32 Å². The van der Waals surface area contributed by atoms with Crippen molar-refractivity contribution in [3.63, 3.8) is 0 Å². The van der Waals surface area contributed by atoms with Gasteiger partial charge in [0.15, 0.2) is 5.65 Å². The summed E-state index contributed by atoms with van der Waals surface area (Å²) in [5.41, 5.74) is 5.51. The van der Waals surface area contributed by atoms with E-state index in [1.54, 1.807) is 30.4 Å². The minimum atomic E-state index is -0.136. The standard InChI is InChI=1S/C25H20N6OS/c32-24(30-21-6-4-17(5-7-21)12-18-8-10-26-11-9-18)20-3-1-2-19(13-20)15-33-25-22-14-29-31-23(22)27-16-28-25/h1-11,13-14,16H,12,15H2,(H,30,32)(H,27,28,29,31). The number of anilines is 1. The zero-order chi connectivity index (χ0) is 22.5. The average Bonchev–Trinajstić information content (AvgIpc) is 3.34. The maximum atomic E-state index is 12.8. The molecule has 162 valence electrons. The fraction of sp³-hybridized carbons (Fsp3) is 0.0800. The number of pyridine rings is 1. The van der Waals surface area contributed by atoms with Crippen molar-refractivity contribution in [1.82, 2.24) is 25.1 Å². The van der Waals surface area contributed by atoms with Gasteiger partial charge in [-0.25, -0.2) is 9.97 Å². The summed E-state index contributed by atoms with van der Waals surface area (Å²) in [5, 5.41) is 11.6. The number of nitrogens with one attached hydrogen (secondary N) is 2. The summed E-state index contributed by atoms with van der Waals surface area (Å²) >= 11 is 1.59. The summed E-state index contributed by atoms with van der Waals surface area (Å²) < 4.78 is 0. The topological polar surface area (TPSA) is 96.5 Å². The number of benzene rings is 2. The van der Waals surface area contributed by atoms with Crippen molar-refractivity contribution in [3.05, 3.63) is 108 Å². The van der Waals surface area contributed by atoms with E-state index in [0.717, 1.165) is 28.1 Å². The van der Waals surface area contributed by atoms with Crippen LogP contribution in [0.25, 0.3) is 11.0 Å². The Balaban J connectivity index is 1.22. The molecule has 3 heterocycles. The Morgan fingerprint density at radius 1 is 0.939 bits per heavy atom. The third kappa shape index (κ3) is 5.07. The van der Waals surface area contributed by atoms with Gasteiger partial charge in [0.2, 0.25) is 0 Å². The van der Waals surface area contributed by atoms with Crippen LogP contribution in [0.15, 0.2) is 90.6 Å². The number of amides is 1. The Morgan fingerprint density at radius 3 is 2.61 bits per heavy atom. The number of carbonyl (C=O) groups is 1. The number of rotatable bonds is 7. The number of fused-ring (bicyclic) bond motifs is 1. The lowest BCUT2D eigenvalue weighted by atomic mass is 10.1. The Morgan fingerprint density at radius 2 is 1.76 bits per heavy atom. The zero-order valence-electron chi connectivity index (χ0n) is 17.6. The van der Waals surface area contributed by atoms with Crippen LogP contribution in [0.3, 0.4) is 0 Å². The second kappa shape index (κ2) is 9.62. The normalized spacial score (nSPS) is 10.9. The number of carbonyl (C=O) groups excluding carboxylic acids is 1. The molecule has 2 N–H and O–H groups in total. The molecule has 0 spiro atoms. The van der Waals surface area contributed by atoms with Crippen molar-refractivity contribution >= 4 is 34.4 Å². The van der Waals surface area contributed by atoms with E-state index < -0.39 is 0 Å². The van der Waals surface area contributed by atoms with Crippen molar-refractivity contribution < 1.29 is 4.79 Å². The molecule has 0 fully saturated rings. The molecule has 0 saturated carbocycles. The highest BCUT2D eigenvalue weighted by Gasteiger charge is 2.10. The number of H-pyrrole nitrogens is 1. The maximum absolute atomic E-state index is 12.8. The van der Waals surface area contributed by atoms with E-state index in [9.17, 15) is 4.79 Å². The predicted octanol–water partition coefficient (Wildman–Crippen LogP) is 4.88. The van der Waals surface area contributed by atoms with Gasteiger partial charge in [0, 0.05) is 29.4 Å². The van der Waals surface area contributed by atoms with E-state index in [4.69, 9.17) is 0 Å². The van der Waals surface area contributed by atoms with Gasteiger partial charge in [0.05, 0.1) is 11.6 Å². The molecular weight excluding hydrogens is 432 g/mol. The molecule has 8 heteroatoms. The quantitative estimate of drug-likeness (QED) is 0.270. The first-order valence-electron chi connectivity index (χ1n) is 10.4. The average molecular weight is 453 g/mol. The fourth-order valence-corrected chi connectivity index (χ4v) is 4.37. The van der Waals surface area contributed by atoms with Gasteiger partial charge in [-0.1, -0.05) is 24.3 Å². The lowest BCUT2D eigenvalue weighted by Crippen LogP contribution is -2.12. The zero-order valence-corrected chi connectivity index (χ0v) is 18.4. The lowest BCUT2D eigenvalue weighted by Gasteiger charge is -2.08. The molecule has 7 nitrogen and oxygen atoms in total. The Labute approximate surface area is 194 Å².